The number of likely N-dealkylation sites (tertiary alicyclic amines) is 1. The molecule has 0 radical (unpaired) electrons. The van der Waals surface area contributed by atoms with E-state index in [1.165, 1.54) is 4.68 Å². The van der Waals surface area contributed by atoms with E-state index in [2.05, 4.69) is 10.4 Å². The second kappa shape index (κ2) is 6.37. The molecule has 2 N–H and O–H groups in total. The molecular formula is C15H24N4O3. The van der Waals surface area contributed by atoms with E-state index in [0.29, 0.717) is 6.54 Å². The zero-order valence-electron chi connectivity index (χ0n) is 13.4. The first-order valence-corrected chi connectivity index (χ1v) is 7.57. The van der Waals surface area contributed by atoms with Crippen molar-refractivity contribution in [1.82, 2.24) is 20.0 Å². The van der Waals surface area contributed by atoms with E-state index in [9.17, 15) is 9.59 Å². The molecule has 122 valence electrons. The highest BCUT2D eigenvalue weighted by atomic mass is 16.4. The third-order valence-electron chi connectivity index (χ3n) is 3.57. The summed E-state index contributed by atoms with van der Waals surface area (Å²) >= 11 is 0. The first kappa shape index (κ1) is 16.3. The minimum atomic E-state index is -0.913. The van der Waals surface area contributed by atoms with Crippen molar-refractivity contribution in [2.75, 3.05) is 13.1 Å². The predicted molar refractivity (Wildman–Crippen MR) is 81.7 cm³/mol. The van der Waals surface area contributed by atoms with Crippen molar-refractivity contribution in [3.63, 3.8) is 0 Å². The number of carboxylic acid groups (broad SMARTS) is 1. The topological polar surface area (TPSA) is 87.5 Å². The Hall–Kier alpha value is -2.05. The molecule has 2 rings (SSSR count). The van der Waals surface area contributed by atoms with Gasteiger partial charge in [-0.15, -0.1) is 0 Å². The first-order valence-electron chi connectivity index (χ1n) is 7.57. The zero-order valence-corrected chi connectivity index (χ0v) is 13.4. The van der Waals surface area contributed by atoms with Crippen molar-refractivity contribution in [3.8, 4) is 0 Å². The summed E-state index contributed by atoms with van der Waals surface area (Å²) in [7, 11) is 0. The Kier molecular flexibility index (Phi) is 4.73. The van der Waals surface area contributed by atoms with Gasteiger partial charge in [-0.1, -0.05) is 0 Å². The van der Waals surface area contributed by atoms with Gasteiger partial charge in [0.1, 0.15) is 6.54 Å². The number of nitrogens with one attached hydrogen (secondary N) is 1. The van der Waals surface area contributed by atoms with Gasteiger partial charge < -0.3 is 15.3 Å². The molecule has 1 aromatic heterocycles. The van der Waals surface area contributed by atoms with Gasteiger partial charge in [0.15, 0.2) is 0 Å². The van der Waals surface area contributed by atoms with Crippen LogP contribution in [0.4, 0.5) is 4.79 Å². The van der Waals surface area contributed by atoms with Crippen LogP contribution in [0.2, 0.25) is 0 Å². The summed E-state index contributed by atoms with van der Waals surface area (Å²) in [6.45, 7) is 7.10. The van der Waals surface area contributed by atoms with Crippen molar-refractivity contribution in [2.24, 2.45) is 0 Å². The molecule has 2 amide bonds. The number of aromatic nitrogens is 2. The molecule has 0 spiro atoms. The standard InChI is InChI=1S/C15H24N4O3/c1-15(2,3)16-14(22)18-7-4-5-11(9-18)12-6-8-19(17-12)10-13(20)21/h6,8,11H,4-5,7,9-10H2,1-3H3,(H,16,22)(H,20,21)/t11-/m1/s1. The fourth-order valence-electron chi connectivity index (χ4n) is 2.62. The van der Waals surface area contributed by atoms with E-state index in [1.807, 2.05) is 31.7 Å². The molecule has 0 saturated carbocycles. The fraction of sp³-hybridized carbons (Fsp3) is 0.667. The number of carboxylic acids is 1. The van der Waals surface area contributed by atoms with Gasteiger partial charge in [0.25, 0.3) is 0 Å². The highest BCUT2D eigenvalue weighted by Gasteiger charge is 2.28. The molecule has 0 bridgehead atoms. The highest BCUT2D eigenvalue weighted by Crippen LogP contribution is 2.25. The molecule has 1 aliphatic rings. The van der Waals surface area contributed by atoms with Crippen molar-refractivity contribution < 1.29 is 14.7 Å². The van der Waals surface area contributed by atoms with Gasteiger partial charge in [-0.2, -0.15) is 5.10 Å². The Labute approximate surface area is 130 Å². The molecule has 1 aliphatic heterocycles. The lowest BCUT2D eigenvalue weighted by molar-refractivity contribution is -0.137. The van der Waals surface area contributed by atoms with Gasteiger partial charge in [-0.25, -0.2) is 4.79 Å². The Morgan fingerprint density at radius 3 is 2.82 bits per heavy atom. The SMILES string of the molecule is CC(C)(C)NC(=O)N1CCC[C@@H](c2ccn(CC(=O)O)n2)C1. The Bertz CT molecular complexity index is 547. The maximum Gasteiger partial charge on any atom is 0.325 e. The van der Waals surface area contributed by atoms with E-state index >= 15 is 0 Å². The van der Waals surface area contributed by atoms with Crippen LogP contribution in [-0.4, -0.2) is 50.4 Å². The summed E-state index contributed by atoms with van der Waals surface area (Å²) in [6, 6.07) is 1.79. The normalized spacial score (nSPS) is 19.0. The number of hydrogen-bond acceptors (Lipinski definition) is 3. The second-order valence-electron chi connectivity index (χ2n) is 6.80. The van der Waals surface area contributed by atoms with Crippen molar-refractivity contribution in [3.05, 3.63) is 18.0 Å². The molecule has 2 heterocycles. The van der Waals surface area contributed by atoms with E-state index in [1.54, 1.807) is 6.20 Å². The third kappa shape index (κ3) is 4.47. The van der Waals surface area contributed by atoms with E-state index in [4.69, 9.17) is 5.11 Å². The number of piperidine rings is 1. The van der Waals surface area contributed by atoms with E-state index in [0.717, 1.165) is 25.1 Å². The minimum Gasteiger partial charge on any atom is -0.480 e. The Morgan fingerprint density at radius 2 is 2.18 bits per heavy atom. The summed E-state index contributed by atoms with van der Waals surface area (Å²) in [5.74, 6) is -0.751. The molecule has 22 heavy (non-hydrogen) atoms. The maximum atomic E-state index is 12.3. The lowest BCUT2D eigenvalue weighted by Gasteiger charge is -2.34. The third-order valence-corrected chi connectivity index (χ3v) is 3.57. The largest absolute Gasteiger partial charge is 0.480 e. The second-order valence-corrected chi connectivity index (χ2v) is 6.80. The van der Waals surface area contributed by atoms with Crippen LogP contribution < -0.4 is 5.32 Å². The van der Waals surface area contributed by atoms with Gasteiger partial charge in [-0.3, -0.25) is 9.48 Å². The summed E-state index contributed by atoms with van der Waals surface area (Å²) < 4.78 is 1.42. The van der Waals surface area contributed by atoms with Crippen LogP contribution in [0.25, 0.3) is 0 Å². The summed E-state index contributed by atoms with van der Waals surface area (Å²) in [6.07, 6.45) is 3.56. The molecule has 1 aromatic rings. The van der Waals surface area contributed by atoms with Crippen LogP contribution >= 0.6 is 0 Å². The molecule has 0 aliphatic carbocycles. The van der Waals surface area contributed by atoms with Gasteiger partial charge in [0.05, 0.1) is 5.69 Å². The number of rotatable bonds is 3. The molecule has 7 nitrogen and oxygen atoms in total. The van der Waals surface area contributed by atoms with Crippen LogP contribution in [-0.2, 0) is 11.3 Å². The summed E-state index contributed by atoms with van der Waals surface area (Å²) in [5.41, 5.74) is 0.599. The molecule has 0 aromatic carbocycles. The van der Waals surface area contributed by atoms with Crippen molar-refractivity contribution in [2.45, 2.75) is 51.6 Å². The summed E-state index contributed by atoms with van der Waals surface area (Å²) in [5, 5.41) is 16.1. The zero-order chi connectivity index (χ0) is 16.3. The highest BCUT2D eigenvalue weighted by molar-refractivity contribution is 5.75. The lowest BCUT2D eigenvalue weighted by Crippen LogP contribution is -2.51. The molecule has 1 atom stereocenters. The van der Waals surface area contributed by atoms with Crippen molar-refractivity contribution >= 4 is 12.0 Å². The van der Waals surface area contributed by atoms with Gasteiger partial charge in [0, 0.05) is 30.7 Å². The summed E-state index contributed by atoms with van der Waals surface area (Å²) in [4.78, 5) is 24.8. The average molecular weight is 308 g/mol. The minimum absolute atomic E-state index is 0.0535. The fourth-order valence-corrected chi connectivity index (χ4v) is 2.62. The molecule has 1 fully saturated rings. The predicted octanol–water partition coefficient (Wildman–Crippen LogP) is 1.66. The molecule has 7 heteroatoms. The van der Waals surface area contributed by atoms with Crippen LogP contribution in [0.5, 0.6) is 0 Å². The monoisotopic (exact) mass is 308 g/mol. The van der Waals surface area contributed by atoms with Crippen LogP contribution in [0.15, 0.2) is 12.3 Å². The molecule has 0 unspecified atom stereocenters. The van der Waals surface area contributed by atoms with E-state index in [-0.39, 0.29) is 24.0 Å². The first-order chi connectivity index (χ1) is 10.2. The Balaban J connectivity index is 1.99. The number of nitrogens with zero attached hydrogens (tertiary/aromatic N) is 3. The number of carbonyl (C=O) groups excluding carboxylic acids is 1. The average Bonchev–Trinajstić information content (AvgIpc) is 2.84. The van der Waals surface area contributed by atoms with E-state index < -0.39 is 5.97 Å². The number of urea groups is 1. The van der Waals surface area contributed by atoms with Gasteiger partial charge in [-0.05, 0) is 39.7 Å². The maximum absolute atomic E-state index is 12.3. The Morgan fingerprint density at radius 1 is 1.45 bits per heavy atom. The number of aliphatic carboxylic acids is 1. The van der Waals surface area contributed by atoms with Crippen molar-refractivity contribution in [1.29, 1.82) is 0 Å². The quantitative estimate of drug-likeness (QED) is 0.889. The van der Waals surface area contributed by atoms with Gasteiger partial charge in [0.2, 0.25) is 0 Å². The number of carbonyl (C=O) groups is 2. The smallest absolute Gasteiger partial charge is 0.325 e. The van der Waals surface area contributed by atoms with Crippen LogP contribution in [0.3, 0.4) is 0 Å². The lowest BCUT2D eigenvalue weighted by atomic mass is 9.95. The van der Waals surface area contributed by atoms with Crippen LogP contribution in [0.1, 0.15) is 45.2 Å². The molecular weight excluding hydrogens is 284 g/mol. The number of amides is 2. The molecule has 1 saturated heterocycles. The number of hydrogen-bond donors (Lipinski definition) is 2. The van der Waals surface area contributed by atoms with Gasteiger partial charge >= 0.3 is 12.0 Å². The van der Waals surface area contributed by atoms with Crippen LogP contribution in [0, 0.1) is 0 Å².